The average molecular weight is 1160 g/mol. The molecular weight excluding hydrogens is 1150 g/mol. The first-order valence-electron chi connectivity index (χ1n) is 17.5. The number of rotatable bonds is 14. The number of nitrogens with zero attached hydrogens (tertiary/aromatic N) is 4. The van der Waals surface area contributed by atoms with Crippen molar-refractivity contribution in [2.45, 2.75) is 95.8 Å². The summed E-state index contributed by atoms with van der Waals surface area (Å²) in [6, 6.07) is -4.00. The van der Waals surface area contributed by atoms with Gasteiger partial charge in [0, 0.05) is 11.1 Å². The summed E-state index contributed by atoms with van der Waals surface area (Å²) in [6.07, 6.45) is -31.5. The van der Waals surface area contributed by atoms with Crippen molar-refractivity contribution in [3.05, 3.63) is 71.3 Å². The van der Waals surface area contributed by atoms with Crippen molar-refractivity contribution in [1.29, 1.82) is 0 Å². The average Bonchev–Trinajstić information content (AvgIpc) is 3.23. The monoisotopic (exact) mass is 1160 g/mol. The minimum absolute atomic E-state index is 0.00994. The highest BCUT2D eigenvalue weighted by molar-refractivity contribution is 6.02. The second kappa shape index (κ2) is 16.9. The summed E-state index contributed by atoms with van der Waals surface area (Å²) in [6.45, 7) is 0. The summed E-state index contributed by atoms with van der Waals surface area (Å²) < 4.78 is 504. The van der Waals surface area contributed by atoms with E-state index >= 15 is 35.1 Å². The van der Waals surface area contributed by atoms with Gasteiger partial charge in [-0.2, -0.15) is 158 Å². The van der Waals surface area contributed by atoms with Crippen molar-refractivity contribution >= 4 is 10.8 Å². The number of aromatic nitrogens is 4. The van der Waals surface area contributed by atoms with Gasteiger partial charge < -0.3 is 0 Å². The molecule has 0 aliphatic carbocycles. The zero-order valence-electron chi connectivity index (χ0n) is 33.0. The van der Waals surface area contributed by atoms with Gasteiger partial charge in [-0.05, 0) is 22.9 Å². The van der Waals surface area contributed by atoms with Crippen molar-refractivity contribution in [2.75, 3.05) is 0 Å². The number of alkyl halides is 36. The van der Waals surface area contributed by atoms with Crippen LogP contribution in [0.3, 0.4) is 0 Å². The van der Waals surface area contributed by atoms with Crippen LogP contribution in [0.4, 0.5) is 158 Å². The molecule has 416 valence electrons. The van der Waals surface area contributed by atoms with Crippen LogP contribution in [0.5, 0.6) is 0 Å². The zero-order valence-corrected chi connectivity index (χ0v) is 33.0. The molecule has 0 bridgehead atoms. The molecule has 0 atom stereocenters. The van der Waals surface area contributed by atoms with Gasteiger partial charge >= 0.3 is 95.8 Å². The van der Waals surface area contributed by atoms with Gasteiger partial charge in [-0.3, -0.25) is 0 Å². The maximum atomic E-state index is 15.2. The smallest absolute Gasteiger partial charge is 0.226 e. The molecule has 4 rings (SSSR count). The molecule has 0 aliphatic rings. The first kappa shape index (κ1) is 60.9. The molecule has 4 nitrogen and oxygen atoms in total. The lowest BCUT2D eigenvalue weighted by Crippen LogP contribution is -2.60. The SMILES string of the molecule is FC(F)(F)C(F)(F)C(F)(F)C(F)(F)c1cc(C(F)(F)C(F)(F)C(F)(F)C(F)(F)F)nc(-c2cccc3c(-c4nc(C(F)(F)C(F)(F)C(F)(F)C(F)(F)F)cc(C(F)(F)C(F)(F)C(F)(F)C(F)(F)F)n4)cccc23)n1. The zero-order chi connectivity index (χ0) is 58.3. The van der Waals surface area contributed by atoms with E-state index in [-0.39, 0.29) is 36.4 Å². The van der Waals surface area contributed by atoms with E-state index in [4.69, 9.17) is 0 Å². The number of fused-ring (bicyclic) bond motifs is 1. The summed E-state index contributed by atoms with van der Waals surface area (Å²) >= 11 is 0. The van der Waals surface area contributed by atoms with E-state index in [0.717, 1.165) is 0 Å². The van der Waals surface area contributed by atoms with Crippen molar-refractivity contribution in [2.24, 2.45) is 0 Å². The topological polar surface area (TPSA) is 51.6 Å². The largest absolute Gasteiger partial charge is 0.460 e. The summed E-state index contributed by atoms with van der Waals surface area (Å²) in [5, 5.41) is -3.26. The Morgan fingerprint density at radius 1 is 0.230 bits per heavy atom. The highest BCUT2D eigenvalue weighted by atomic mass is 19.5. The first-order valence-corrected chi connectivity index (χ1v) is 17.5. The van der Waals surface area contributed by atoms with Crippen LogP contribution >= 0.6 is 0 Å². The molecule has 4 aromatic rings. The first-order chi connectivity index (χ1) is 32.4. The highest BCUT2D eigenvalue weighted by Crippen LogP contribution is 2.62. The number of benzene rings is 2. The van der Waals surface area contributed by atoms with Crippen LogP contribution in [0.25, 0.3) is 33.5 Å². The highest BCUT2D eigenvalue weighted by Gasteiger charge is 2.86. The molecule has 0 unspecified atom stereocenters. The molecule has 0 N–H and O–H groups in total. The summed E-state index contributed by atoms with van der Waals surface area (Å²) in [5.41, 5.74) is -19.5. The molecule has 0 spiro atoms. The van der Waals surface area contributed by atoms with Gasteiger partial charge in [0.05, 0.1) is 0 Å². The molecule has 2 aromatic heterocycles. The molecular formula is C34H8F36N4. The van der Waals surface area contributed by atoms with Crippen molar-refractivity contribution in [3.8, 4) is 22.8 Å². The normalized spacial score (nSPS) is 15.6. The van der Waals surface area contributed by atoms with Crippen molar-refractivity contribution in [3.63, 3.8) is 0 Å². The molecule has 2 heterocycles. The summed E-state index contributed by atoms with van der Waals surface area (Å²) in [4.78, 5) is 8.71. The predicted molar refractivity (Wildman–Crippen MR) is 165 cm³/mol. The lowest BCUT2D eigenvalue weighted by molar-refractivity contribution is -0.401. The minimum Gasteiger partial charge on any atom is -0.226 e. The molecule has 74 heavy (non-hydrogen) atoms. The summed E-state index contributed by atoms with van der Waals surface area (Å²) in [7, 11) is 0. The second-order valence-corrected chi connectivity index (χ2v) is 14.5. The summed E-state index contributed by atoms with van der Waals surface area (Å²) in [5.74, 6) is -101. The maximum Gasteiger partial charge on any atom is 0.460 e. The Morgan fingerprint density at radius 2 is 0.405 bits per heavy atom. The number of hydrogen-bond donors (Lipinski definition) is 0. The third kappa shape index (κ3) is 8.52. The van der Waals surface area contributed by atoms with E-state index in [1.807, 2.05) is 0 Å². The quantitative estimate of drug-likeness (QED) is 0.118. The van der Waals surface area contributed by atoms with E-state index in [0.29, 0.717) is 0 Å². The Labute approximate surface area is 379 Å². The van der Waals surface area contributed by atoms with Gasteiger partial charge in [0.25, 0.3) is 0 Å². The van der Waals surface area contributed by atoms with Crippen molar-refractivity contribution in [1.82, 2.24) is 19.9 Å². The Kier molecular flexibility index (Phi) is 13.9. The fourth-order valence-electron chi connectivity index (χ4n) is 5.62. The predicted octanol–water partition coefficient (Wildman–Crippen LogP) is 15.5. The maximum absolute atomic E-state index is 15.2. The van der Waals surface area contributed by atoms with Gasteiger partial charge in [-0.1, -0.05) is 36.4 Å². The lowest BCUT2D eigenvalue weighted by atomic mass is 9.95. The fourth-order valence-corrected chi connectivity index (χ4v) is 5.62. The van der Waals surface area contributed by atoms with E-state index in [9.17, 15) is 123 Å². The second-order valence-electron chi connectivity index (χ2n) is 14.5. The van der Waals surface area contributed by atoms with Gasteiger partial charge in [-0.25, -0.2) is 19.9 Å². The molecule has 40 heteroatoms. The molecule has 0 fully saturated rings. The Balaban J connectivity index is 2.26. The van der Waals surface area contributed by atoms with Crippen LogP contribution in [0.1, 0.15) is 22.8 Å². The molecule has 0 aliphatic heterocycles. The number of halogens is 36. The third-order valence-corrected chi connectivity index (χ3v) is 9.72. The van der Waals surface area contributed by atoms with Crippen LogP contribution in [0, 0.1) is 0 Å². The Bertz CT molecular complexity index is 2440. The fraction of sp³-hybridized carbons (Fsp3) is 0.471. The van der Waals surface area contributed by atoms with Crippen LogP contribution in [0.2, 0.25) is 0 Å². The minimum atomic E-state index is -8.17. The third-order valence-electron chi connectivity index (χ3n) is 9.72. The van der Waals surface area contributed by atoms with Gasteiger partial charge in [0.1, 0.15) is 22.8 Å². The van der Waals surface area contributed by atoms with E-state index in [1.165, 1.54) is 0 Å². The van der Waals surface area contributed by atoms with Crippen molar-refractivity contribution < 1.29 is 158 Å². The van der Waals surface area contributed by atoms with Crippen LogP contribution in [-0.2, 0) is 23.7 Å². The van der Waals surface area contributed by atoms with Crippen LogP contribution in [0.15, 0.2) is 48.5 Å². The van der Waals surface area contributed by atoms with Crippen LogP contribution < -0.4 is 0 Å². The van der Waals surface area contributed by atoms with E-state index in [1.54, 1.807) is 0 Å². The van der Waals surface area contributed by atoms with Gasteiger partial charge in [-0.15, -0.1) is 0 Å². The van der Waals surface area contributed by atoms with E-state index < -0.39 is 164 Å². The Morgan fingerprint density at radius 3 is 0.568 bits per heavy atom. The molecule has 0 radical (unpaired) electrons. The van der Waals surface area contributed by atoms with Crippen LogP contribution in [-0.4, -0.2) is 92.0 Å². The van der Waals surface area contributed by atoms with Gasteiger partial charge in [0.15, 0.2) is 11.6 Å². The Hall–Kier alpha value is -5.66. The molecule has 2 aromatic carbocycles. The number of hydrogen-bond acceptors (Lipinski definition) is 4. The van der Waals surface area contributed by atoms with Gasteiger partial charge in [0.2, 0.25) is 0 Å². The lowest BCUT2D eigenvalue weighted by Gasteiger charge is -2.35. The molecule has 0 amide bonds. The molecule has 0 saturated heterocycles. The molecule has 0 saturated carbocycles. The van der Waals surface area contributed by atoms with E-state index in [2.05, 4.69) is 19.9 Å². The standard InChI is InChI=1S/C34H8F36N4/c35-19(36,23(43,44)27(51,52)31(59,60)61)13-7-14(20(37,38)24(45,46)28(53,54)32(62,63)64)72-17(71-13)11-5-1-3-9-10(11)4-2-6-12(9)18-73-15(21(39,40)25(47,48)29(55,56)33(65,66)67)8-16(74-18)22(41,42)26(49,50)30(57,58)34(68,69)70/h1-8H.